The number of phenolic OH excluding ortho intramolecular Hbond substituents is 3. The zero-order valence-corrected chi connectivity index (χ0v) is 26.1. The molecule has 0 spiro atoms. The van der Waals surface area contributed by atoms with Crippen molar-refractivity contribution in [1.82, 2.24) is 0 Å². The molecule has 2 rings (SSSR count). The van der Waals surface area contributed by atoms with Gasteiger partial charge in [0.2, 0.25) is 0 Å². The molecule has 0 bridgehead atoms. The molecule has 0 aliphatic carbocycles. The molecule has 0 amide bonds. The molecule has 0 heterocycles. The molecule has 0 aliphatic heterocycles. The molecule has 0 aliphatic rings. The van der Waals surface area contributed by atoms with E-state index < -0.39 is 47.3 Å². The number of phenols is 3. The third kappa shape index (κ3) is 20.7. The maximum Gasteiger partial charge on any atom is 1.00 e. The van der Waals surface area contributed by atoms with Crippen LogP contribution in [0.15, 0.2) is 24.3 Å². The number of carbonyl (C=O) groups excluding carboxylic acids is 8. The van der Waals surface area contributed by atoms with Crippen LogP contribution in [-0.4, -0.2) is 63.7 Å². The summed E-state index contributed by atoms with van der Waals surface area (Å²) < 4.78 is 18.5. The Morgan fingerprint density at radius 2 is 0.907 bits per heavy atom. The van der Waals surface area contributed by atoms with E-state index in [1.165, 1.54) is 13.8 Å². The van der Waals surface area contributed by atoms with Crippen molar-refractivity contribution in [1.29, 1.82) is 0 Å². The summed E-state index contributed by atoms with van der Waals surface area (Å²) >= 11 is 0. The topological polar surface area (TPSA) is 257 Å². The third-order valence-corrected chi connectivity index (χ3v) is 3.50. The van der Waals surface area contributed by atoms with Crippen molar-refractivity contribution in [2.24, 2.45) is 0 Å². The maximum atomic E-state index is 11.0. The molecule has 228 valence electrons. The van der Waals surface area contributed by atoms with E-state index in [9.17, 15) is 33.6 Å². The van der Waals surface area contributed by atoms with Crippen LogP contribution in [-0.2, 0) is 33.5 Å². The van der Waals surface area contributed by atoms with Crippen LogP contribution in [0.4, 0.5) is 0 Å². The Morgan fingerprint density at radius 3 is 1.23 bits per heavy atom. The zero-order chi connectivity index (χ0) is 33.2. The van der Waals surface area contributed by atoms with Crippen molar-refractivity contribution in [3.8, 4) is 34.5 Å². The molecule has 17 heteroatoms. The van der Waals surface area contributed by atoms with Crippen LogP contribution in [0.25, 0.3) is 0 Å². The van der Waals surface area contributed by atoms with Gasteiger partial charge in [0.25, 0.3) is 0 Å². The Bertz CT molecular complexity index is 1320. The van der Waals surface area contributed by atoms with E-state index in [-0.39, 0.29) is 63.7 Å². The zero-order valence-electron chi connectivity index (χ0n) is 24.1. The summed E-state index contributed by atoms with van der Waals surface area (Å²) in [5.74, 6) is -5.75. The number of benzene rings is 2. The van der Waals surface area contributed by atoms with E-state index in [2.05, 4.69) is 4.74 Å². The van der Waals surface area contributed by atoms with Gasteiger partial charge in [-0.3, -0.25) is 33.6 Å². The van der Waals surface area contributed by atoms with E-state index in [4.69, 9.17) is 39.4 Å². The molecule has 3 N–H and O–H groups in total. The van der Waals surface area contributed by atoms with Crippen LogP contribution >= 0.6 is 0 Å². The molecule has 0 saturated heterocycles. The Labute approximate surface area is 266 Å². The molecule has 0 aromatic heterocycles. The van der Waals surface area contributed by atoms with Gasteiger partial charge in [-0.2, -0.15) is 0 Å². The number of carboxylic acids is 1. The largest absolute Gasteiger partial charge is 1.00 e. The number of aliphatic carboxylic acids is 1. The molecular formula is C26H27NaO16. The summed E-state index contributed by atoms with van der Waals surface area (Å²) in [4.78, 5) is 82.5. The van der Waals surface area contributed by atoms with Crippen molar-refractivity contribution in [3.05, 3.63) is 35.4 Å². The first-order valence-electron chi connectivity index (χ1n) is 11.1. The summed E-state index contributed by atoms with van der Waals surface area (Å²) in [6.07, 6.45) is 0.803. The average Bonchev–Trinajstić information content (AvgIpc) is 2.81. The van der Waals surface area contributed by atoms with Gasteiger partial charge in [-0.1, -0.05) is 0 Å². The number of carbonyl (C=O) groups is 8. The van der Waals surface area contributed by atoms with Crippen LogP contribution in [0.1, 0.15) is 62.3 Å². The molecule has 0 unspecified atom stereocenters. The second-order valence-corrected chi connectivity index (χ2v) is 7.33. The van der Waals surface area contributed by atoms with Crippen LogP contribution in [0.2, 0.25) is 0 Å². The van der Waals surface area contributed by atoms with Crippen LogP contribution < -0.4 is 48.9 Å². The van der Waals surface area contributed by atoms with E-state index in [0.29, 0.717) is 12.6 Å². The van der Waals surface area contributed by atoms with Gasteiger partial charge >= 0.3 is 59.4 Å². The van der Waals surface area contributed by atoms with Gasteiger partial charge in [-0.25, -0.2) is 0 Å². The Hall–Kier alpha value is -4.80. The summed E-state index contributed by atoms with van der Waals surface area (Å²) in [5, 5.41) is 35.4. The molecule has 2 aromatic rings. The van der Waals surface area contributed by atoms with E-state index in [1.807, 2.05) is 0 Å². The molecule has 0 saturated carbocycles. The van der Waals surface area contributed by atoms with Gasteiger partial charge in [0.15, 0.2) is 35.6 Å². The number of aldehydes is 2. The Balaban J connectivity index is -0.000000583. The fraction of sp³-hybridized carbons (Fsp3) is 0.231. The van der Waals surface area contributed by atoms with Crippen LogP contribution in [0.3, 0.4) is 0 Å². The molecule has 0 atom stereocenters. The fourth-order valence-electron chi connectivity index (χ4n) is 2.24. The molecule has 0 fully saturated rings. The van der Waals surface area contributed by atoms with Gasteiger partial charge in [-0.05, 0) is 19.1 Å². The number of aromatic hydroxyl groups is 3. The van der Waals surface area contributed by atoms with Crippen LogP contribution in [0.5, 0.6) is 34.5 Å². The number of hydrogen-bond donors (Lipinski definition) is 3. The molecule has 16 nitrogen and oxygen atoms in total. The molecule has 0 radical (unpaired) electrons. The van der Waals surface area contributed by atoms with Crippen molar-refractivity contribution in [2.45, 2.75) is 41.5 Å². The number of carboxylic acid groups (broad SMARTS) is 1. The van der Waals surface area contributed by atoms with Gasteiger partial charge < -0.3 is 44.2 Å². The maximum absolute atomic E-state index is 11.0. The quantitative estimate of drug-likeness (QED) is 0.0608. The minimum Gasteiger partial charge on any atom is -0.550 e. The summed E-state index contributed by atoms with van der Waals surface area (Å²) in [5.41, 5.74) is -0.0762. The number of esters is 5. The predicted molar refractivity (Wildman–Crippen MR) is 136 cm³/mol. The Morgan fingerprint density at radius 1 is 0.558 bits per heavy atom. The van der Waals surface area contributed by atoms with Gasteiger partial charge in [0.05, 0.1) is 11.1 Å². The van der Waals surface area contributed by atoms with E-state index in [0.717, 1.165) is 52.0 Å². The van der Waals surface area contributed by atoms with Gasteiger partial charge in [0, 0.05) is 52.7 Å². The smallest absolute Gasteiger partial charge is 0.550 e. The Kier molecular flexibility index (Phi) is 21.7. The summed E-state index contributed by atoms with van der Waals surface area (Å²) in [6.45, 7) is 6.79. The second-order valence-electron chi connectivity index (χ2n) is 7.33. The standard InChI is InChI=1S/C13H12O7.C7H6O4.C4H6O3.C2H4O2.Na/c1-7(15)18-11-5-13(20-9(3)17)12(19-8(2)16)4-10(11)6-14;8-3-4-1-6(10)7(11)2-5(4)9;1-3(5)7-4(2)6;1-2(3)4;/h4-6H,1-3H3;1-3,9-11H;1-2H3;1H3,(H,3,4);/q;;;;+1/p-1. The average molecular weight is 618 g/mol. The SMILES string of the molecule is CC(=O)OC(C)=O.CC(=O)Oc1cc(OC(C)=O)c(OC(C)=O)cc1C=O.CC(=O)[O-].O=Cc1cc(O)c(O)cc1O.[Na+]. The first-order valence-corrected chi connectivity index (χ1v) is 11.1. The van der Waals surface area contributed by atoms with Gasteiger partial charge in [-0.15, -0.1) is 0 Å². The third-order valence-electron chi connectivity index (χ3n) is 3.50. The second kappa shape index (κ2) is 21.9. The van der Waals surface area contributed by atoms with Crippen molar-refractivity contribution in [3.63, 3.8) is 0 Å². The summed E-state index contributed by atoms with van der Waals surface area (Å²) in [7, 11) is 0. The summed E-state index contributed by atoms with van der Waals surface area (Å²) in [6, 6.07) is 4.16. The minimum absolute atomic E-state index is 0. The number of rotatable bonds is 5. The van der Waals surface area contributed by atoms with Crippen LogP contribution in [0, 0.1) is 0 Å². The number of hydrogen-bond acceptors (Lipinski definition) is 16. The normalized spacial score (nSPS) is 8.70. The van der Waals surface area contributed by atoms with Crippen molar-refractivity contribution >= 4 is 48.4 Å². The first kappa shape index (κ1) is 42.7. The monoisotopic (exact) mass is 618 g/mol. The van der Waals surface area contributed by atoms with Crippen molar-refractivity contribution < 1.29 is 107 Å². The molecule has 2 aromatic carbocycles. The first-order chi connectivity index (χ1) is 19.3. The fourth-order valence-corrected chi connectivity index (χ4v) is 2.24. The molecule has 43 heavy (non-hydrogen) atoms. The minimum atomic E-state index is -1.08. The predicted octanol–water partition coefficient (Wildman–Crippen LogP) is -2.25. The number of ether oxygens (including phenoxy) is 4. The van der Waals surface area contributed by atoms with Gasteiger partial charge in [0.1, 0.15) is 11.5 Å². The molecular weight excluding hydrogens is 591 g/mol. The van der Waals surface area contributed by atoms with E-state index >= 15 is 0 Å². The van der Waals surface area contributed by atoms with E-state index in [1.54, 1.807) is 0 Å². The van der Waals surface area contributed by atoms with Crippen molar-refractivity contribution in [2.75, 3.05) is 0 Å².